The fourth-order valence-corrected chi connectivity index (χ4v) is 4.03. The number of hydrogen-bond acceptors (Lipinski definition) is 2. The summed E-state index contributed by atoms with van der Waals surface area (Å²) >= 11 is 0. The van der Waals surface area contributed by atoms with E-state index in [1.54, 1.807) is 6.07 Å². The van der Waals surface area contributed by atoms with Crippen molar-refractivity contribution in [2.45, 2.75) is 57.5 Å². The smallest absolute Gasteiger partial charge is 0.319 e. The molecule has 1 aromatic carbocycles. The van der Waals surface area contributed by atoms with Gasteiger partial charge in [-0.3, -0.25) is 0 Å². The largest absolute Gasteiger partial charge is 0.335 e. The minimum atomic E-state index is -0.283. The molecule has 23 heavy (non-hydrogen) atoms. The van der Waals surface area contributed by atoms with Crippen LogP contribution in [0.2, 0.25) is 0 Å². The molecule has 1 heterocycles. The topological polar surface area (TPSA) is 53.2 Å². The molecule has 1 aromatic rings. The summed E-state index contributed by atoms with van der Waals surface area (Å²) in [6, 6.07) is 3.51. The molecule has 2 amide bonds. The molecule has 5 heteroatoms. The predicted octanol–water partition coefficient (Wildman–Crippen LogP) is 3.32. The van der Waals surface area contributed by atoms with Gasteiger partial charge in [-0.25, -0.2) is 9.18 Å². The first kappa shape index (κ1) is 14.9. The Labute approximate surface area is 136 Å². The van der Waals surface area contributed by atoms with E-state index >= 15 is 0 Å². The highest BCUT2D eigenvalue weighted by atomic mass is 19.1. The molecule has 2 fully saturated rings. The second kappa shape index (κ2) is 5.78. The van der Waals surface area contributed by atoms with Crippen LogP contribution in [-0.4, -0.2) is 18.6 Å². The summed E-state index contributed by atoms with van der Waals surface area (Å²) < 4.78 is 14.5. The summed E-state index contributed by atoms with van der Waals surface area (Å²) in [7, 11) is 0. The van der Waals surface area contributed by atoms with Crippen molar-refractivity contribution in [1.29, 1.82) is 0 Å². The lowest BCUT2D eigenvalue weighted by Gasteiger charge is -2.29. The maximum atomic E-state index is 14.5. The predicted molar refractivity (Wildman–Crippen MR) is 87.9 cm³/mol. The van der Waals surface area contributed by atoms with Crippen molar-refractivity contribution in [2.24, 2.45) is 5.41 Å². The molecule has 0 bridgehead atoms. The molecule has 2 saturated carbocycles. The molecule has 0 radical (unpaired) electrons. The van der Waals surface area contributed by atoms with Crippen molar-refractivity contribution in [2.75, 3.05) is 11.9 Å². The van der Waals surface area contributed by atoms with Crippen LogP contribution in [0.25, 0.3) is 0 Å². The molecule has 3 aliphatic rings. The lowest BCUT2D eigenvalue weighted by Crippen LogP contribution is -2.40. The van der Waals surface area contributed by atoms with Gasteiger partial charge in [-0.2, -0.15) is 0 Å². The highest BCUT2D eigenvalue weighted by Crippen LogP contribution is 2.56. The van der Waals surface area contributed by atoms with E-state index in [-0.39, 0.29) is 23.6 Å². The fourth-order valence-electron chi connectivity index (χ4n) is 4.03. The maximum Gasteiger partial charge on any atom is 0.319 e. The molecule has 1 aliphatic heterocycles. The number of urea groups is 1. The van der Waals surface area contributed by atoms with E-state index in [0.717, 1.165) is 30.5 Å². The maximum absolute atomic E-state index is 14.5. The average molecular weight is 317 g/mol. The van der Waals surface area contributed by atoms with Crippen molar-refractivity contribution in [3.63, 3.8) is 0 Å². The van der Waals surface area contributed by atoms with Gasteiger partial charge >= 0.3 is 6.03 Å². The summed E-state index contributed by atoms with van der Waals surface area (Å²) in [6.45, 7) is 1.48. The Morgan fingerprint density at radius 3 is 2.74 bits per heavy atom. The third-order valence-electron chi connectivity index (χ3n) is 5.79. The summed E-state index contributed by atoms with van der Waals surface area (Å²) in [5.41, 5.74) is 2.63. The molecule has 124 valence electrons. The molecular weight excluding hydrogens is 293 g/mol. The SMILES string of the molecule is O=C(Nc1ccc2c(c1F)CCNC2)NC1CCC2(CC1)CC2. The summed E-state index contributed by atoms with van der Waals surface area (Å²) in [5, 5.41) is 8.94. The van der Waals surface area contributed by atoms with Crippen LogP contribution in [-0.2, 0) is 13.0 Å². The van der Waals surface area contributed by atoms with Gasteiger partial charge in [-0.05, 0) is 74.1 Å². The van der Waals surface area contributed by atoms with Gasteiger partial charge in [0.2, 0.25) is 0 Å². The van der Waals surface area contributed by atoms with Crippen molar-refractivity contribution in [3.8, 4) is 0 Å². The number of fused-ring (bicyclic) bond motifs is 1. The average Bonchev–Trinajstić information content (AvgIpc) is 3.32. The first-order chi connectivity index (χ1) is 11.2. The quantitative estimate of drug-likeness (QED) is 0.784. The Hall–Kier alpha value is -1.62. The van der Waals surface area contributed by atoms with Gasteiger partial charge in [0.25, 0.3) is 0 Å². The number of nitrogens with one attached hydrogen (secondary N) is 3. The van der Waals surface area contributed by atoms with Gasteiger partial charge in [0.15, 0.2) is 0 Å². The fraction of sp³-hybridized carbons (Fsp3) is 0.611. The van der Waals surface area contributed by atoms with Gasteiger partial charge in [-0.15, -0.1) is 0 Å². The van der Waals surface area contributed by atoms with E-state index in [1.165, 1.54) is 25.7 Å². The Kier molecular flexibility index (Phi) is 3.76. The minimum Gasteiger partial charge on any atom is -0.335 e. The molecule has 0 atom stereocenters. The third kappa shape index (κ3) is 3.07. The number of carbonyl (C=O) groups is 1. The highest BCUT2D eigenvalue weighted by molar-refractivity contribution is 5.89. The lowest BCUT2D eigenvalue weighted by atomic mass is 9.83. The van der Waals surface area contributed by atoms with E-state index in [0.29, 0.717) is 18.4 Å². The number of hydrogen-bond donors (Lipinski definition) is 3. The summed E-state index contributed by atoms with van der Waals surface area (Å²) in [6.07, 6.45) is 7.93. The zero-order valence-corrected chi connectivity index (χ0v) is 13.4. The monoisotopic (exact) mass is 317 g/mol. The second-order valence-corrected chi connectivity index (χ2v) is 7.36. The van der Waals surface area contributed by atoms with E-state index in [2.05, 4.69) is 16.0 Å². The van der Waals surface area contributed by atoms with Crippen LogP contribution in [0, 0.1) is 11.2 Å². The van der Waals surface area contributed by atoms with Crippen LogP contribution in [0.4, 0.5) is 14.9 Å². The first-order valence-corrected chi connectivity index (χ1v) is 8.74. The molecule has 0 unspecified atom stereocenters. The van der Waals surface area contributed by atoms with Crippen molar-refractivity contribution in [3.05, 3.63) is 29.1 Å². The number of benzene rings is 1. The number of amides is 2. The summed E-state index contributed by atoms with van der Waals surface area (Å²) in [5.74, 6) is -0.278. The van der Waals surface area contributed by atoms with E-state index in [9.17, 15) is 9.18 Å². The van der Waals surface area contributed by atoms with Crippen LogP contribution in [0.1, 0.15) is 49.7 Å². The van der Waals surface area contributed by atoms with Crippen LogP contribution < -0.4 is 16.0 Å². The Morgan fingerprint density at radius 2 is 2.00 bits per heavy atom. The molecule has 4 nitrogen and oxygen atoms in total. The van der Waals surface area contributed by atoms with Gasteiger partial charge < -0.3 is 16.0 Å². The van der Waals surface area contributed by atoms with Crippen molar-refractivity contribution >= 4 is 11.7 Å². The van der Waals surface area contributed by atoms with E-state index in [4.69, 9.17) is 0 Å². The molecule has 4 rings (SSSR count). The molecule has 0 aromatic heterocycles. The Balaban J connectivity index is 1.37. The Morgan fingerprint density at radius 1 is 1.22 bits per heavy atom. The molecule has 2 aliphatic carbocycles. The van der Waals surface area contributed by atoms with Crippen molar-refractivity contribution in [1.82, 2.24) is 10.6 Å². The zero-order valence-electron chi connectivity index (χ0n) is 13.4. The third-order valence-corrected chi connectivity index (χ3v) is 5.79. The first-order valence-electron chi connectivity index (χ1n) is 8.74. The van der Waals surface area contributed by atoms with Crippen molar-refractivity contribution < 1.29 is 9.18 Å². The lowest BCUT2D eigenvalue weighted by molar-refractivity contribution is 0.234. The number of rotatable bonds is 2. The molecule has 1 spiro atoms. The van der Waals surface area contributed by atoms with Gasteiger partial charge in [0, 0.05) is 12.6 Å². The number of anilines is 1. The van der Waals surface area contributed by atoms with Gasteiger partial charge in [0.1, 0.15) is 5.82 Å². The normalized spacial score (nSPS) is 22.5. The molecular formula is C18H24FN3O. The van der Waals surface area contributed by atoms with Crippen LogP contribution in [0.3, 0.4) is 0 Å². The van der Waals surface area contributed by atoms with Crippen LogP contribution in [0.5, 0.6) is 0 Å². The van der Waals surface area contributed by atoms with Crippen LogP contribution >= 0.6 is 0 Å². The summed E-state index contributed by atoms with van der Waals surface area (Å²) in [4.78, 5) is 12.2. The highest BCUT2D eigenvalue weighted by Gasteiger charge is 2.44. The van der Waals surface area contributed by atoms with Gasteiger partial charge in [0.05, 0.1) is 5.69 Å². The molecule has 0 saturated heterocycles. The minimum absolute atomic E-state index is 0.228. The number of carbonyl (C=O) groups excluding carboxylic acids is 1. The Bertz CT molecular complexity index is 617. The van der Waals surface area contributed by atoms with Crippen LogP contribution in [0.15, 0.2) is 12.1 Å². The van der Waals surface area contributed by atoms with E-state index in [1.807, 2.05) is 6.07 Å². The number of halogens is 1. The van der Waals surface area contributed by atoms with Gasteiger partial charge in [-0.1, -0.05) is 6.07 Å². The standard InChI is InChI=1S/C18H24FN3O/c19-16-14-5-10-20-11-12(14)1-2-15(16)22-17(23)21-13-3-6-18(7-4-13)8-9-18/h1-2,13,20H,3-11H2,(H2,21,22,23). The zero-order chi connectivity index (χ0) is 15.9. The second-order valence-electron chi connectivity index (χ2n) is 7.36. The molecule has 3 N–H and O–H groups in total. The van der Waals surface area contributed by atoms with E-state index < -0.39 is 0 Å².